The molecule has 1 saturated heterocycles. The topological polar surface area (TPSA) is 82.4 Å². The van der Waals surface area contributed by atoms with Crippen molar-refractivity contribution in [2.24, 2.45) is 5.73 Å². The largest absolute Gasteiger partial charge is 0.368 e. The third kappa shape index (κ3) is 3.56. The van der Waals surface area contributed by atoms with Gasteiger partial charge in [0.25, 0.3) is 5.91 Å². The van der Waals surface area contributed by atoms with E-state index in [2.05, 4.69) is 4.98 Å². The molecule has 1 unspecified atom stereocenters. The number of piperazine rings is 1. The molecule has 7 heteroatoms. The number of nitrogens with zero attached hydrogens (tertiary/aromatic N) is 2. The van der Waals surface area contributed by atoms with Crippen LogP contribution in [-0.2, 0) is 4.79 Å². The van der Waals surface area contributed by atoms with Crippen molar-refractivity contribution in [1.29, 1.82) is 0 Å². The molecule has 0 aliphatic carbocycles. The zero-order chi connectivity index (χ0) is 18.0. The fraction of sp³-hybridized carbons (Fsp3) is 0.333. The molecular weight excluding hydrogens is 323 g/mol. The van der Waals surface area contributed by atoms with E-state index in [1.807, 2.05) is 4.90 Å². The molecule has 132 valence electrons. The Labute approximate surface area is 145 Å². The second-order valence-corrected chi connectivity index (χ2v) is 6.20. The molecule has 1 atom stereocenters. The highest BCUT2D eigenvalue weighted by Crippen LogP contribution is 2.25. The summed E-state index contributed by atoms with van der Waals surface area (Å²) in [6, 6.07) is 5.73. The van der Waals surface area contributed by atoms with Gasteiger partial charge in [-0.05, 0) is 24.6 Å². The third-order valence-corrected chi connectivity index (χ3v) is 4.69. The zero-order valence-electron chi connectivity index (χ0n) is 14.0. The highest BCUT2D eigenvalue weighted by atomic mass is 19.1. The molecule has 6 nitrogen and oxygen atoms in total. The number of hydrogen-bond acceptors (Lipinski definition) is 3. The molecule has 0 spiro atoms. The summed E-state index contributed by atoms with van der Waals surface area (Å²) >= 11 is 0. The van der Waals surface area contributed by atoms with E-state index in [1.54, 1.807) is 36.4 Å². The lowest BCUT2D eigenvalue weighted by Crippen LogP contribution is -2.54. The predicted molar refractivity (Wildman–Crippen MR) is 92.3 cm³/mol. The van der Waals surface area contributed by atoms with Crippen molar-refractivity contribution in [3.05, 3.63) is 48.0 Å². The minimum Gasteiger partial charge on any atom is -0.368 e. The van der Waals surface area contributed by atoms with Crippen LogP contribution in [0.1, 0.15) is 17.3 Å². The van der Waals surface area contributed by atoms with Crippen LogP contribution < -0.4 is 5.73 Å². The smallest absolute Gasteiger partial charge is 0.256 e. The van der Waals surface area contributed by atoms with Crippen LogP contribution >= 0.6 is 0 Å². The lowest BCUT2D eigenvalue weighted by molar-refractivity contribution is -0.123. The summed E-state index contributed by atoms with van der Waals surface area (Å²) < 4.78 is 13.1. The van der Waals surface area contributed by atoms with Gasteiger partial charge in [-0.25, -0.2) is 4.39 Å². The summed E-state index contributed by atoms with van der Waals surface area (Å²) in [7, 11) is 0. The van der Waals surface area contributed by atoms with Gasteiger partial charge in [-0.1, -0.05) is 12.1 Å². The van der Waals surface area contributed by atoms with Crippen LogP contribution in [0.4, 0.5) is 4.39 Å². The highest BCUT2D eigenvalue weighted by Gasteiger charge is 2.28. The molecule has 0 radical (unpaired) electrons. The van der Waals surface area contributed by atoms with Crippen LogP contribution in [0.5, 0.6) is 0 Å². The zero-order valence-corrected chi connectivity index (χ0v) is 14.0. The van der Waals surface area contributed by atoms with Crippen molar-refractivity contribution in [3.8, 4) is 11.1 Å². The normalized spacial score (nSPS) is 16.6. The number of aromatic nitrogens is 1. The second-order valence-electron chi connectivity index (χ2n) is 6.20. The summed E-state index contributed by atoms with van der Waals surface area (Å²) in [4.78, 5) is 30.9. The van der Waals surface area contributed by atoms with E-state index in [0.717, 1.165) is 11.1 Å². The molecule has 0 saturated carbocycles. The van der Waals surface area contributed by atoms with Crippen LogP contribution in [0.3, 0.4) is 0 Å². The molecule has 0 bridgehead atoms. The molecular formula is C18H21FN4O2. The lowest BCUT2D eigenvalue weighted by atomic mass is 10.0. The Kier molecular flexibility index (Phi) is 4.85. The van der Waals surface area contributed by atoms with Crippen molar-refractivity contribution < 1.29 is 14.0 Å². The number of nitrogens with one attached hydrogen (secondary N) is 1. The van der Waals surface area contributed by atoms with Gasteiger partial charge in [0.05, 0.1) is 11.6 Å². The Balaban J connectivity index is 1.72. The maximum atomic E-state index is 13.1. The van der Waals surface area contributed by atoms with E-state index < -0.39 is 0 Å². The van der Waals surface area contributed by atoms with Crippen LogP contribution in [0, 0.1) is 5.82 Å². The standard InChI is InChI=1S/C18H21FN4O2/c1-12(17(20)24)22-6-8-23(9-7-22)18(25)16-11-21-10-15(16)13-2-4-14(19)5-3-13/h2-5,10-12,21H,6-9H2,1H3,(H2,20,24). The monoisotopic (exact) mass is 344 g/mol. The van der Waals surface area contributed by atoms with Crippen molar-refractivity contribution in [3.63, 3.8) is 0 Å². The Morgan fingerprint density at radius 2 is 1.76 bits per heavy atom. The maximum Gasteiger partial charge on any atom is 0.256 e. The lowest BCUT2D eigenvalue weighted by Gasteiger charge is -2.37. The highest BCUT2D eigenvalue weighted by molar-refractivity contribution is 6.00. The predicted octanol–water partition coefficient (Wildman–Crippen LogP) is 1.45. The van der Waals surface area contributed by atoms with E-state index in [1.165, 1.54) is 12.1 Å². The van der Waals surface area contributed by atoms with Crippen molar-refractivity contribution in [2.45, 2.75) is 13.0 Å². The Morgan fingerprint density at radius 3 is 2.36 bits per heavy atom. The van der Waals surface area contributed by atoms with Gasteiger partial charge in [-0.2, -0.15) is 0 Å². The fourth-order valence-electron chi connectivity index (χ4n) is 3.07. The fourth-order valence-corrected chi connectivity index (χ4v) is 3.07. The minimum atomic E-state index is -0.357. The number of H-pyrrole nitrogens is 1. The summed E-state index contributed by atoms with van der Waals surface area (Å²) in [6.45, 7) is 4.05. The first-order valence-electron chi connectivity index (χ1n) is 8.22. The van der Waals surface area contributed by atoms with Gasteiger partial charge >= 0.3 is 0 Å². The molecule has 1 aromatic carbocycles. The van der Waals surface area contributed by atoms with Crippen LogP contribution in [0.25, 0.3) is 11.1 Å². The Bertz CT molecular complexity index is 764. The summed E-state index contributed by atoms with van der Waals surface area (Å²) in [5, 5.41) is 0. The average Bonchev–Trinajstić information content (AvgIpc) is 3.11. The van der Waals surface area contributed by atoms with Gasteiger partial charge < -0.3 is 15.6 Å². The van der Waals surface area contributed by atoms with Gasteiger partial charge in [0.1, 0.15) is 5.82 Å². The van der Waals surface area contributed by atoms with Gasteiger partial charge in [-0.15, -0.1) is 0 Å². The van der Waals surface area contributed by atoms with E-state index in [0.29, 0.717) is 31.7 Å². The van der Waals surface area contributed by atoms with E-state index >= 15 is 0 Å². The molecule has 1 fully saturated rings. The quantitative estimate of drug-likeness (QED) is 0.881. The van der Waals surface area contributed by atoms with Crippen LogP contribution in [0.2, 0.25) is 0 Å². The van der Waals surface area contributed by atoms with Gasteiger partial charge in [0.2, 0.25) is 5.91 Å². The molecule has 3 rings (SSSR count). The molecule has 2 amide bonds. The molecule has 3 N–H and O–H groups in total. The number of amides is 2. The van der Waals surface area contributed by atoms with Crippen molar-refractivity contribution in [1.82, 2.24) is 14.8 Å². The number of primary amides is 1. The second kappa shape index (κ2) is 7.06. The maximum absolute atomic E-state index is 13.1. The Hall–Kier alpha value is -2.67. The van der Waals surface area contributed by atoms with Crippen LogP contribution in [-0.4, -0.2) is 58.8 Å². The van der Waals surface area contributed by atoms with Crippen LogP contribution in [0.15, 0.2) is 36.7 Å². The number of halogens is 1. The first kappa shape index (κ1) is 17.2. The van der Waals surface area contributed by atoms with Gasteiger partial charge in [0.15, 0.2) is 0 Å². The van der Waals surface area contributed by atoms with Crippen molar-refractivity contribution >= 4 is 11.8 Å². The number of benzene rings is 1. The molecule has 1 aliphatic rings. The number of rotatable bonds is 4. The molecule has 2 heterocycles. The summed E-state index contributed by atoms with van der Waals surface area (Å²) in [5.41, 5.74) is 7.43. The first-order chi connectivity index (χ1) is 12.0. The number of hydrogen-bond donors (Lipinski definition) is 2. The van der Waals surface area contributed by atoms with Crippen molar-refractivity contribution in [2.75, 3.05) is 26.2 Å². The summed E-state index contributed by atoms with van der Waals surface area (Å²) in [5.74, 6) is -0.747. The molecule has 1 aromatic heterocycles. The Morgan fingerprint density at radius 1 is 1.12 bits per heavy atom. The van der Waals surface area contributed by atoms with E-state index in [9.17, 15) is 14.0 Å². The first-order valence-corrected chi connectivity index (χ1v) is 8.22. The average molecular weight is 344 g/mol. The number of nitrogens with two attached hydrogens (primary N) is 1. The molecule has 1 aliphatic heterocycles. The number of carbonyl (C=O) groups excluding carboxylic acids is 2. The third-order valence-electron chi connectivity index (χ3n) is 4.69. The SMILES string of the molecule is CC(C(N)=O)N1CCN(C(=O)c2c[nH]cc2-c2ccc(F)cc2)CC1. The van der Waals surface area contributed by atoms with Gasteiger partial charge in [0, 0.05) is 44.1 Å². The molecule has 25 heavy (non-hydrogen) atoms. The number of carbonyl (C=O) groups is 2. The van der Waals surface area contributed by atoms with E-state index in [4.69, 9.17) is 5.73 Å². The number of aromatic amines is 1. The summed E-state index contributed by atoms with van der Waals surface area (Å²) in [6.07, 6.45) is 3.41. The molecule has 2 aromatic rings. The minimum absolute atomic E-state index is 0.0769. The van der Waals surface area contributed by atoms with Gasteiger partial charge in [-0.3, -0.25) is 14.5 Å². The van der Waals surface area contributed by atoms with E-state index in [-0.39, 0.29) is 23.7 Å².